The summed E-state index contributed by atoms with van der Waals surface area (Å²) in [7, 11) is 1.77. The molecule has 2 aromatic rings. The predicted octanol–water partition coefficient (Wildman–Crippen LogP) is 4.65. The summed E-state index contributed by atoms with van der Waals surface area (Å²) < 4.78 is 28.1. The first-order valence-corrected chi connectivity index (χ1v) is 7.12. The Bertz CT molecular complexity index is 641. The number of benzene rings is 2. The minimum atomic E-state index is -0.565. The Morgan fingerprint density at radius 1 is 1.00 bits per heavy atom. The molecule has 0 amide bonds. The van der Waals surface area contributed by atoms with E-state index in [0.717, 1.165) is 27.2 Å². The van der Waals surface area contributed by atoms with Crippen LogP contribution in [0.5, 0.6) is 0 Å². The van der Waals surface area contributed by atoms with Crippen molar-refractivity contribution in [3.63, 3.8) is 0 Å². The molecule has 0 aliphatic rings. The van der Waals surface area contributed by atoms with Crippen LogP contribution in [0.15, 0.2) is 34.8 Å². The van der Waals surface area contributed by atoms with Gasteiger partial charge in [0.25, 0.3) is 0 Å². The van der Waals surface area contributed by atoms with Crippen molar-refractivity contribution in [2.24, 2.45) is 0 Å². The Morgan fingerprint density at radius 2 is 1.70 bits per heavy atom. The van der Waals surface area contributed by atoms with Gasteiger partial charge in [0.2, 0.25) is 0 Å². The molecule has 1 unspecified atom stereocenters. The number of hydrogen-bond donors (Lipinski definition) is 1. The van der Waals surface area contributed by atoms with Crippen LogP contribution in [0.2, 0.25) is 0 Å². The Kier molecular flexibility index (Phi) is 4.55. The van der Waals surface area contributed by atoms with Crippen molar-refractivity contribution in [2.45, 2.75) is 19.9 Å². The lowest BCUT2D eigenvalue weighted by atomic mass is 9.93. The molecule has 0 bridgehead atoms. The molecule has 0 aromatic heterocycles. The summed E-state index contributed by atoms with van der Waals surface area (Å²) in [4.78, 5) is 0. The van der Waals surface area contributed by atoms with Gasteiger partial charge >= 0.3 is 0 Å². The van der Waals surface area contributed by atoms with Crippen LogP contribution in [-0.2, 0) is 0 Å². The van der Waals surface area contributed by atoms with E-state index >= 15 is 0 Å². The quantitative estimate of drug-likeness (QED) is 0.857. The van der Waals surface area contributed by atoms with Crippen LogP contribution in [0.3, 0.4) is 0 Å². The van der Waals surface area contributed by atoms with E-state index in [-0.39, 0.29) is 6.04 Å². The molecule has 0 radical (unpaired) electrons. The molecule has 4 heteroatoms. The molecular formula is C16H16BrF2N. The average Bonchev–Trinajstić information content (AvgIpc) is 2.38. The zero-order valence-electron chi connectivity index (χ0n) is 11.6. The van der Waals surface area contributed by atoms with E-state index in [1.807, 2.05) is 26.0 Å². The van der Waals surface area contributed by atoms with E-state index in [0.29, 0.717) is 5.56 Å². The summed E-state index contributed by atoms with van der Waals surface area (Å²) in [6.45, 7) is 3.96. The van der Waals surface area contributed by atoms with Gasteiger partial charge in [-0.25, -0.2) is 8.78 Å². The number of aryl methyl sites for hydroxylation is 2. The lowest BCUT2D eigenvalue weighted by Crippen LogP contribution is -2.20. The molecule has 1 atom stereocenters. The van der Waals surface area contributed by atoms with E-state index < -0.39 is 11.6 Å². The summed E-state index contributed by atoms with van der Waals surface area (Å²) in [5, 5.41) is 3.10. The highest BCUT2D eigenvalue weighted by Gasteiger charge is 2.19. The molecule has 2 aromatic carbocycles. The van der Waals surface area contributed by atoms with Crippen molar-refractivity contribution in [1.29, 1.82) is 0 Å². The maximum Gasteiger partial charge on any atom is 0.131 e. The fraction of sp³-hybridized carbons (Fsp3) is 0.250. The zero-order valence-corrected chi connectivity index (χ0v) is 13.2. The van der Waals surface area contributed by atoms with Gasteiger partial charge < -0.3 is 5.32 Å². The molecule has 0 saturated heterocycles. The van der Waals surface area contributed by atoms with Gasteiger partial charge in [-0.3, -0.25) is 0 Å². The predicted molar refractivity (Wildman–Crippen MR) is 80.9 cm³/mol. The minimum absolute atomic E-state index is 0.303. The highest BCUT2D eigenvalue weighted by atomic mass is 79.9. The first kappa shape index (κ1) is 15.1. The standard InChI is InChI=1S/C16H16BrF2N/c1-9-7-14(17)10(2)6-13(9)16(20-3)12-5-4-11(18)8-15(12)19/h4-8,16,20H,1-3H3. The largest absolute Gasteiger partial charge is 0.309 e. The Balaban J connectivity index is 2.55. The smallest absolute Gasteiger partial charge is 0.131 e. The zero-order chi connectivity index (χ0) is 14.9. The van der Waals surface area contributed by atoms with E-state index in [1.54, 1.807) is 7.05 Å². The van der Waals surface area contributed by atoms with Crippen molar-refractivity contribution in [3.05, 3.63) is 68.7 Å². The van der Waals surface area contributed by atoms with Gasteiger partial charge in [-0.05, 0) is 49.7 Å². The maximum absolute atomic E-state index is 14.0. The van der Waals surface area contributed by atoms with Gasteiger partial charge in [0.15, 0.2) is 0 Å². The highest BCUT2D eigenvalue weighted by Crippen LogP contribution is 2.30. The van der Waals surface area contributed by atoms with Crippen molar-refractivity contribution in [3.8, 4) is 0 Å². The third kappa shape index (κ3) is 2.91. The molecular weight excluding hydrogens is 324 g/mol. The van der Waals surface area contributed by atoms with Crippen LogP contribution in [0.1, 0.15) is 28.3 Å². The summed E-state index contributed by atoms with van der Waals surface area (Å²) in [5.41, 5.74) is 3.55. The Hall–Kier alpha value is -1.26. The number of halogens is 3. The van der Waals surface area contributed by atoms with Crippen LogP contribution in [-0.4, -0.2) is 7.05 Å². The lowest BCUT2D eigenvalue weighted by molar-refractivity contribution is 0.551. The lowest BCUT2D eigenvalue weighted by Gasteiger charge is -2.21. The van der Waals surface area contributed by atoms with E-state index in [1.165, 1.54) is 12.1 Å². The molecule has 1 N–H and O–H groups in total. The Labute approximate surface area is 126 Å². The molecule has 0 aliphatic heterocycles. The second-order valence-electron chi connectivity index (χ2n) is 4.85. The third-order valence-electron chi connectivity index (χ3n) is 3.42. The molecule has 1 nitrogen and oxygen atoms in total. The van der Waals surface area contributed by atoms with Crippen molar-refractivity contribution >= 4 is 15.9 Å². The third-order valence-corrected chi connectivity index (χ3v) is 4.27. The van der Waals surface area contributed by atoms with Crippen molar-refractivity contribution < 1.29 is 8.78 Å². The SMILES string of the molecule is CNC(c1cc(C)c(Br)cc1C)c1ccc(F)cc1F. The summed E-state index contributed by atoms with van der Waals surface area (Å²) in [5.74, 6) is -1.10. The molecule has 0 heterocycles. The normalized spacial score (nSPS) is 12.5. The van der Waals surface area contributed by atoms with Gasteiger partial charge in [-0.15, -0.1) is 0 Å². The number of nitrogens with one attached hydrogen (secondary N) is 1. The topological polar surface area (TPSA) is 12.0 Å². The van der Waals surface area contributed by atoms with Gasteiger partial charge in [0, 0.05) is 16.1 Å². The van der Waals surface area contributed by atoms with Crippen LogP contribution in [0.25, 0.3) is 0 Å². The first-order valence-electron chi connectivity index (χ1n) is 6.33. The average molecular weight is 340 g/mol. The summed E-state index contributed by atoms with van der Waals surface area (Å²) >= 11 is 3.49. The van der Waals surface area contributed by atoms with Crippen molar-refractivity contribution in [1.82, 2.24) is 5.32 Å². The molecule has 0 fully saturated rings. The van der Waals surface area contributed by atoms with Crippen LogP contribution in [0.4, 0.5) is 8.78 Å². The van der Waals surface area contributed by atoms with Gasteiger partial charge in [-0.2, -0.15) is 0 Å². The minimum Gasteiger partial charge on any atom is -0.309 e. The van der Waals surface area contributed by atoms with Gasteiger partial charge in [-0.1, -0.05) is 28.1 Å². The van der Waals surface area contributed by atoms with Gasteiger partial charge in [0.05, 0.1) is 6.04 Å². The van der Waals surface area contributed by atoms with E-state index in [2.05, 4.69) is 21.2 Å². The highest BCUT2D eigenvalue weighted by molar-refractivity contribution is 9.10. The molecule has 20 heavy (non-hydrogen) atoms. The fourth-order valence-electron chi connectivity index (χ4n) is 2.33. The van der Waals surface area contributed by atoms with E-state index in [4.69, 9.17) is 0 Å². The molecule has 0 aliphatic carbocycles. The second-order valence-corrected chi connectivity index (χ2v) is 5.70. The molecule has 0 saturated carbocycles. The Morgan fingerprint density at radius 3 is 2.30 bits per heavy atom. The first-order chi connectivity index (χ1) is 9.43. The van der Waals surface area contributed by atoms with Crippen LogP contribution >= 0.6 is 15.9 Å². The second kappa shape index (κ2) is 6.02. The van der Waals surface area contributed by atoms with Gasteiger partial charge in [0.1, 0.15) is 11.6 Å². The fourth-order valence-corrected chi connectivity index (χ4v) is 2.79. The monoisotopic (exact) mass is 339 g/mol. The van der Waals surface area contributed by atoms with E-state index in [9.17, 15) is 8.78 Å². The van der Waals surface area contributed by atoms with Crippen LogP contribution in [0, 0.1) is 25.5 Å². The maximum atomic E-state index is 14.0. The number of hydrogen-bond acceptors (Lipinski definition) is 1. The van der Waals surface area contributed by atoms with Crippen LogP contribution < -0.4 is 5.32 Å². The molecule has 0 spiro atoms. The molecule has 2 rings (SSSR count). The number of rotatable bonds is 3. The summed E-state index contributed by atoms with van der Waals surface area (Å²) in [6, 6.07) is 7.41. The molecule has 106 valence electrons. The summed E-state index contributed by atoms with van der Waals surface area (Å²) in [6.07, 6.45) is 0. The van der Waals surface area contributed by atoms with Crippen molar-refractivity contribution in [2.75, 3.05) is 7.05 Å².